The summed E-state index contributed by atoms with van der Waals surface area (Å²) in [4.78, 5) is 39.0. The van der Waals surface area contributed by atoms with Gasteiger partial charge in [-0.2, -0.15) is 0 Å². The minimum Gasteiger partial charge on any atom is -0.465 e. The molecule has 0 bridgehead atoms. The predicted molar refractivity (Wildman–Crippen MR) is 117 cm³/mol. The van der Waals surface area contributed by atoms with Crippen molar-refractivity contribution in [2.75, 3.05) is 19.7 Å². The van der Waals surface area contributed by atoms with Gasteiger partial charge >= 0.3 is 12.2 Å². The van der Waals surface area contributed by atoms with E-state index in [1.54, 1.807) is 4.90 Å². The quantitative estimate of drug-likeness (QED) is 0.674. The number of hydrogen-bond donors (Lipinski definition) is 1. The largest absolute Gasteiger partial charge is 0.465 e. The molecule has 0 radical (unpaired) electrons. The Morgan fingerprint density at radius 3 is 2.25 bits per heavy atom. The molecule has 1 aliphatic rings. The van der Waals surface area contributed by atoms with E-state index in [4.69, 9.17) is 9.47 Å². The molecule has 170 valence electrons. The number of piperidine rings is 1. The minimum absolute atomic E-state index is 0.0739. The standard InChI is InChI=1S/C24H28N2O6/c1-18(27)16-31-22-15-25(23(28)29)13-12-21(22)26(14-19-8-4-2-5-9-19)24(30)32-17-20-10-6-3-7-11-20/h2-11,21-22H,12-17H2,1H3,(H,28,29)/t21-,22+/m0/s1. The van der Waals surface area contributed by atoms with Crippen molar-refractivity contribution in [3.63, 3.8) is 0 Å². The van der Waals surface area contributed by atoms with Crippen LogP contribution < -0.4 is 0 Å². The SMILES string of the molecule is CC(=O)CO[C@@H]1CN(C(=O)O)CC[C@@H]1N(Cc1ccccc1)C(=O)OCc1ccccc1. The van der Waals surface area contributed by atoms with Crippen molar-refractivity contribution in [1.82, 2.24) is 9.80 Å². The molecule has 2 amide bonds. The van der Waals surface area contributed by atoms with E-state index >= 15 is 0 Å². The molecule has 0 aliphatic carbocycles. The topological polar surface area (TPSA) is 96.4 Å². The molecule has 0 saturated carbocycles. The number of amides is 2. The Labute approximate surface area is 187 Å². The number of rotatable bonds is 8. The number of ketones is 1. The second kappa shape index (κ2) is 11.3. The van der Waals surface area contributed by atoms with Gasteiger partial charge in [-0.15, -0.1) is 0 Å². The van der Waals surface area contributed by atoms with E-state index in [1.165, 1.54) is 11.8 Å². The Morgan fingerprint density at radius 1 is 1.03 bits per heavy atom. The van der Waals surface area contributed by atoms with Gasteiger partial charge in [0, 0.05) is 13.1 Å². The summed E-state index contributed by atoms with van der Waals surface area (Å²) in [6.45, 7) is 2.00. The maximum absolute atomic E-state index is 13.2. The number of carboxylic acid groups (broad SMARTS) is 1. The summed E-state index contributed by atoms with van der Waals surface area (Å²) in [7, 11) is 0. The monoisotopic (exact) mass is 440 g/mol. The van der Waals surface area contributed by atoms with Crippen LogP contribution in [0.2, 0.25) is 0 Å². The van der Waals surface area contributed by atoms with E-state index in [9.17, 15) is 19.5 Å². The van der Waals surface area contributed by atoms with E-state index in [1.807, 2.05) is 60.7 Å². The van der Waals surface area contributed by atoms with Crippen molar-refractivity contribution in [2.45, 2.75) is 38.6 Å². The average molecular weight is 440 g/mol. The summed E-state index contributed by atoms with van der Waals surface area (Å²) >= 11 is 0. The molecule has 3 rings (SSSR count). The van der Waals surface area contributed by atoms with Gasteiger partial charge in [0.15, 0.2) is 5.78 Å². The van der Waals surface area contributed by atoms with Crippen LogP contribution >= 0.6 is 0 Å². The van der Waals surface area contributed by atoms with Crippen LogP contribution in [0.15, 0.2) is 60.7 Å². The molecule has 1 fully saturated rings. The third-order valence-corrected chi connectivity index (χ3v) is 5.33. The van der Waals surface area contributed by atoms with Crippen molar-refractivity contribution in [1.29, 1.82) is 0 Å². The summed E-state index contributed by atoms with van der Waals surface area (Å²) < 4.78 is 11.4. The van der Waals surface area contributed by atoms with Crippen molar-refractivity contribution in [3.8, 4) is 0 Å². The van der Waals surface area contributed by atoms with Crippen LogP contribution in [0.3, 0.4) is 0 Å². The molecule has 0 unspecified atom stereocenters. The lowest BCUT2D eigenvalue weighted by Crippen LogP contribution is -2.57. The van der Waals surface area contributed by atoms with Crippen molar-refractivity contribution in [3.05, 3.63) is 71.8 Å². The van der Waals surface area contributed by atoms with Gasteiger partial charge < -0.3 is 19.5 Å². The lowest BCUT2D eigenvalue weighted by molar-refractivity contribution is -0.126. The molecule has 1 N–H and O–H groups in total. The van der Waals surface area contributed by atoms with Gasteiger partial charge in [0.25, 0.3) is 0 Å². The first-order chi connectivity index (χ1) is 15.4. The van der Waals surface area contributed by atoms with Crippen LogP contribution in [0.25, 0.3) is 0 Å². The lowest BCUT2D eigenvalue weighted by Gasteiger charge is -2.42. The molecule has 32 heavy (non-hydrogen) atoms. The smallest absolute Gasteiger partial charge is 0.410 e. The molecule has 0 spiro atoms. The maximum atomic E-state index is 13.2. The highest BCUT2D eigenvalue weighted by Crippen LogP contribution is 2.23. The Balaban J connectivity index is 1.81. The van der Waals surface area contributed by atoms with Crippen LogP contribution in [0.5, 0.6) is 0 Å². The lowest BCUT2D eigenvalue weighted by atomic mass is 9.99. The van der Waals surface area contributed by atoms with Crippen molar-refractivity contribution in [2.24, 2.45) is 0 Å². The highest BCUT2D eigenvalue weighted by molar-refractivity contribution is 5.76. The second-order valence-corrected chi connectivity index (χ2v) is 7.79. The number of nitrogens with zero attached hydrogens (tertiary/aromatic N) is 2. The summed E-state index contributed by atoms with van der Waals surface area (Å²) in [6, 6.07) is 18.4. The fourth-order valence-electron chi connectivity index (χ4n) is 3.72. The first kappa shape index (κ1) is 23.3. The molecule has 8 nitrogen and oxygen atoms in total. The number of carbonyl (C=O) groups excluding carboxylic acids is 2. The highest BCUT2D eigenvalue weighted by Gasteiger charge is 2.38. The Morgan fingerprint density at radius 2 is 1.66 bits per heavy atom. The maximum Gasteiger partial charge on any atom is 0.410 e. The van der Waals surface area contributed by atoms with Gasteiger partial charge in [-0.3, -0.25) is 9.69 Å². The first-order valence-electron chi connectivity index (χ1n) is 10.5. The van der Waals surface area contributed by atoms with Crippen molar-refractivity contribution < 1.29 is 29.0 Å². The highest BCUT2D eigenvalue weighted by atomic mass is 16.6. The molecule has 8 heteroatoms. The average Bonchev–Trinajstić information content (AvgIpc) is 2.81. The fourth-order valence-corrected chi connectivity index (χ4v) is 3.72. The van der Waals surface area contributed by atoms with E-state index in [0.29, 0.717) is 6.42 Å². The molecule has 0 aromatic heterocycles. The van der Waals surface area contributed by atoms with E-state index in [2.05, 4.69) is 0 Å². The van der Waals surface area contributed by atoms with Gasteiger partial charge in [0.05, 0.1) is 18.7 Å². The minimum atomic E-state index is -1.05. The molecule has 2 aromatic rings. The third kappa shape index (κ3) is 6.55. The van der Waals surface area contributed by atoms with E-state index in [0.717, 1.165) is 11.1 Å². The van der Waals surface area contributed by atoms with E-state index in [-0.39, 0.29) is 38.6 Å². The van der Waals surface area contributed by atoms with Gasteiger partial charge in [0.1, 0.15) is 13.2 Å². The first-order valence-corrected chi connectivity index (χ1v) is 10.5. The molecule has 2 atom stereocenters. The van der Waals surface area contributed by atoms with Crippen molar-refractivity contribution >= 4 is 18.0 Å². The fraction of sp³-hybridized carbons (Fsp3) is 0.375. The van der Waals surface area contributed by atoms with Crippen LogP contribution in [0, 0.1) is 0 Å². The van der Waals surface area contributed by atoms with Gasteiger partial charge in [0.2, 0.25) is 0 Å². The summed E-state index contributed by atoms with van der Waals surface area (Å²) in [5.41, 5.74) is 1.78. The Bertz CT molecular complexity index is 905. The summed E-state index contributed by atoms with van der Waals surface area (Å²) in [5.74, 6) is -0.169. The zero-order chi connectivity index (χ0) is 22.9. The van der Waals surface area contributed by atoms with Gasteiger partial charge in [-0.25, -0.2) is 9.59 Å². The molecule has 1 aliphatic heterocycles. The molecule has 1 saturated heterocycles. The third-order valence-electron chi connectivity index (χ3n) is 5.33. The summed E-state index contributed by atoms with van der Waals surface area (Å²) in [6.07, 6.45) is -1.83. The Kier molecular flexibility index (Phi) is 8.21. The Hall–Kier alpha value is -3.39. The van der Waals surface area contributed by atoms with Gasteiger partial charge in [-0.05, 0) is 24.5 Å². The zero-order valence-electron chi connectivity index (χ0n) is 18.1. The normalized spacial score (nSPS) is 18.1. The number of hydrogen-bond acceptors (Lipinski definition) is 5. The number of benzene rings is 2. The number of ether oxygens (including phenoxy) is 2. The summed E-state index contributed by atoms with van der Waals surface area (Å²) in [5, 5.41) is 9.41. The predicted octanol–water partition coefficient (Wildman–Crippen LogP) is 3.55. The second-order valence-electron chi connectivity index (χ2n) is 7.79. The zero-order valence-corrected chi connectivity index (χ0v) is 18.1. The number of carbonyl (C=O) groups is 3. The van der Waals surface area contributed by atoms with Crippen LogP contribution in [-0.2, 0) is 27.4 Å². The number of Topliss-reactive ketones (excluding diaryl/α,β-unsaturated/α-hetero) is 1. The van der Waals surface area contributed by atoms with Crippen LogP contribution in [-0.4, -0.2) is 64.7 Å². The molecule has 1 heterocycles. The van der Waals surface area contributed by atoms with E-state index < -0.39 is 24.3 Å². The molecule has 2 aromatic carbocycles. The molecular formula is C24H28N2O6. The van der Waals surface area contributed by atoms with Crippen LogP contribution in [0.4, 0.5) is 9.59 Å². The number of likely N-dealkylation sites (tertiary alicyclic amines) is 1. The van der Waals surface area contributed by atoms with Crippen LogP contribution in [0.1, 0.15) is 24.5 Å². The molecular weight excluding hydrogens is 412 g/mol. The van der Waals surface area contributed by atoms with Gasteiger partial charge in [-0.1, -0.05) is 60.7 Å².